The van der Waals surface area contributed by atoms with Crippen molar-refractivity contribution < 1.29 is 14.6 Å². The highest BCUT2D eigenvalue weighted by Crippen LogP contribution is 2.23. The van der Waals surface area contributed by atoms with Gasteiger partial charge in [-0.25, -0.2) is 9.78 Å². The maximum Gasteiger partial charge on any atom is 0.337 e. The van der Waals surface area contributed by atoms with Crippen LogP contribution in [-0.4, -0.2) is 22.2 Å². The van der Waals surface area contributed by atoms with Gasteiger partial charge in [-0.15, -0.1) is 0 Å². The molecule has 1 saturated carbocycles. The summed E-state index contributed by atoms with van der Waals surface area (Å²) in [6.07, 6.45) is 6.17. The summed E-state index contributed by atoms with van der Waals surface area (Å²) in [4.78, 5) is 14.8. The Kier molecular flexibility index (Phi) is 3.08. The minimum atomic E-state index is -0.947. The van der Waals surface area contributed by atoms with Crippen molar-refractivity contribution in [2.75, 3.05) is 0 Å². The van der Waals surface area contributed by atoms with E-state index in [4.69, 9.17) is 9.84 Å². The average Bonchev–Trinajstić information content (AvgIpc) is 2.70. The van der Waals surface area contributed by atoms with E-state index < -0.39 is 5.97 Å². The van der Waals surface area contributed by atoms with E-state index in [2.05, 4.69) is 4.98 Å². The zero-order valence-electron chi connectivity index (χ0n) is 9.27. The number of carboxylic acids is 1. The van der Waals surface area contributed by atoms with Crippen molar-refractivity contribution in [1.29, 1.82) is 0 Å². The Hall–Kier alpha value is -1.58. The van der Waals surface area contributed by atoms with Gasteiger partial charge in [-0.3, -0.25) is 0 Å². The largest absolute Gasteiger partial charge is 0.478 e. The Morgan fingerprint density at radius 2 is 2.19 bits per heavy atom. The maximum absolute atomic E-state index is 10.8. The second kappa shape index (κ2) is 4.51. The molecule has 16 heavy (non-hydrogen) atoms. The summed E-state index contributed by atoms with van der Waals surface area (Å²) in [6.45, 7) is 1.76. The van der Waals surface area contributed by atoms with Gasteiger partial charge in [0, 0.05) is 12.3 Å². The maximum atomic E-state index is 10.8. The van der Waals surface area contributed by atoms with Gasteiger partial charge >= 0.3 is 5.97 Å². The monoisotopic (exact) mass is 221 g/mol. The first-order valence-electron chi connectivity index (χ1n) is 5.53. The van der Waals surface area contributed by atoms with Crippen LogP contribution in [0.1, 0.15) is 41.6 Å². The molecule has 1 aliphatic rings. The van der Waals surface area contributed by atoms with Crippen molar-refractivity contribution in [3.05, 3.63) is 23.4 Å². The SMILES string of the molecule is Cc1cc(OC2CCCC2)ncc1C(=O)O. The van der Waals surface area contributed by atoms with Gasteiger partial charge in [0.1, 0.15) is 6.10 Å². The number of pyridine rings is 1. The number of nitrogens with zero attached hydrogens (tertiary/aromatic N) is 1. The number of aryl methyl sites for hydroxylation is 1. The molecule has 0 spiro atoms. The van der Waals surface area contributed by atoms with Gasteiger partial charge in [-0.2, -0.15) is 0 Å². The number of hydrogen-bond acceptors (Lipinski definition) is 3. The molecule has 1 aromatic rings. The minimum absolute atomic E-state index is 0.235. The Bertz CT molecular complexity index is 397. The lowest BCUT2D eigenvalue weighted by molar-refractivity contribution is 0.0695. The minimum Gasteiger partial charge on any atom is -0.478 e. The number of ether oxygens (including phenoxy) is 1. The van der Waals surface area contributed by atoms with E-state index in [0.29, 0.717) is 11.4 Å². The second-order valence-corrected chi connectivity index (χ2v) is 4.17. The normalized spacial score (nSPS) is 16.3. The molecule has 0 saturated heterocycles. The first kappa shape index (κ1) is 10.9. The van der Waals surface area contributed by atoms with E-state index in [1.54, 1.807) is 13.0 Å². The Labute approximate surface area is 94.3 Å². The van der Waals surface area contributed by atoms with Gasteiger partial charge in [0.25, 0.3) is 0 Å². The Morgan fingerprint density at radius 3 is 2.75 bits per heavy atom. The van der Waals surface area contributed by atoms with Crippen molar-refractivity contribution in [2.45, 2.75) is 38.7 Å². The van der Waals surface area contributed by atoms with Crippen LogP contribution < -0.4 is 4.74 Å². The van der Waals surface area contributed by atoms with Crippen LogP contribution in [0.4, 0.5) is 0 Å². The van der Waals surface area contributed by atoms with Crippen LogP contribution in [0.5, 0.6) is 5.88 Å². The average molecular weight is 221 g/mol. The molecule has 0 unspecified atom stereocenters. The molecule has 1 aromatic heterocycles. The summed E-state index contributed by atoms with van der Waals surface area (Å²) in [5.41, 5.74) is 0.925. The molecule has 4 nitrogen and oxygen atoms in total. The van der Waals surface area contributed by atoms with Crippen molar-refractivity contribution in [3.8, 4) is 5.88 Å². The highest BCUT2D eigenvalue weighted by Gasteiger charge is 2.17. The Balaban J connectivity index is 2.11. The molecule has 86 valence electrons. The molecule has 1 heterocycles. The zero-order valence-corrected chi connectivity index (χ0v) is 9.27. The number of carboxylic acid groups (broad SMARTS) is 1. The van der Waals surface area contributed by atoms with Crippen molar-refractivity contribution in [2.24, 2.45) is 0 Å². The first-order valence-corrected chi connectivity index (χ1v) is 5.53. The molecular formula is C12H15NO3. The molecule has 0 amide bonds. The number of rotatable bonds is 3. The third kappa shape index (κ3) is 2.32. The van der Waals surface area contributed by atoms with Gasteiger partial charge in [-0.05, 0) is 38.2 Å². The standard InChI is InChI=1S/C12H15NO3/c1-8-6-11(13-7-10(8)12(14)15)16-9-4-2-3-5-9/h6-7,9H,2-5H2,1H3,(H,14,15). The van der Waals surface area contributed by atoms with Crippen LogP contribution >= 0.6 is 0 Å². The highest BCUT2D eigenvalue weighted by molar-refractivity contribution is 5.88. The molecule has 4 heteroatoms. The number of aromatic nitrogens is 1. The van der Waals surface area contributed by atoms with E-state index >= 15 is 0 Å². The molecule has 1 aliphatic carbocycles. The topological polar surface area (TPSA) is 59.4 Å². The summed E-state index contributed by atoms with van der Waals surface area (Å²) in [6, 6.07) is 1.70. The third-order valence-electron chi connectivity index (χ3n) is 2.91. The first-order chi connectivity index (χ1) is 7.66. The summed E-state index contributed by atoms with van der Waals surface area (Å²) in [7, 11) is 0. The lowest BCUT2D eigenvalue weighted by Gasteiger charge is -2.12. The van der Waals surface area contributed by atoms with Crippen LogP contribution in [0.3, 0.4) is 0 Å². The number of carbonyl (C=O) groups is 1. The van der Waals surface area contributed by atoms with Crippen molar-refractivity contribution in [3.63, 3.8) is 0 Å². The lowest BCUT2D eigenvalue weighted by atomic mass is 10.1. The predicted molar refractivity (Wildman–Crippen MR) is 58.8 cm³/mol. The molecule has 0 aromatic carbocycles. The van der Waals surface area contributed by atoms with Crippen LogP contribution in [0.25, 0.3) is 0 Å². The van der Waals surface area contributed by atoms with Gasteiger partial charge in [0.15, 0.2) is 0 Å². The van der Waals surface area contributed by atoms with Crippen molar-refractivity contribution in [1.82, 2.24) is 4.98 Å². The van der Waals surface area contributed by atoms with Crippen LogP contribution in [-0.2, 0) is 0 Å². The summed E-state index contributed by atoms with van der Waals surface area (Å²) in [5, 5.41) is 8.86. The Morgan fingerprint density at radius 1 is 1.50 bits per heavy atom. The second-order valence-electron chi connectivity index (χ2n) is 4.17. The van der Waals surface area contributed by atoms with E-state index in [-0.39, 0.29) is 11.7 Å². The predicted octanol–water partition coefficient (Wildman–Crippen LogP) is 2.41. The molecule has 1 fully saturated rings. The molecule has 0 aliphatic heterocycles. The molecule has 2 rings (SSSR count). The van der Waals surface area contributed by atoms with E-state index in [9.17, 15) is 4.79 Å². The van der Waals surface area contributed by atoms with E-state index in [0.717, 1.165) is 12.8 Å². The van der Waals surface area contributed by atoms with Crippen molar-refractivity contribution >= 4 is 5.97 Å². The van der Waals surface area contributed by atoms with E-state index in [1.807, 2.05) is 0 Å². The zero-order chi connectivity index (χ0) is 11.5. The number of aromatic carboxylic acids is 1. The molecule has 0 bridgehead atoms. The van der Waals surface area contributed by atoms with Crippen LogP contribution in [0.2, 0.25) is 0 Å². The van der Waals surface area contributed by atoms with Gasteiger partial charge in [0.05, 0.1) is 5.56 Å². The summed E-state index contributed by atoms with van der Waals surface area (Å²) < 4.78 is 5.69. The van der Waals surface area contributed by atoms with Gasteiger partial charge in [0.2, 0.25) is 5.88 Å². The van der Waals surface area contributed by atoms with Crippen LogP contribution in [0.15, 0.2) is 12.3 Å². The fraction of sp³-hybridized carbons (Fsp3) is 0.500. The van der Waals surface area contributed by atoms with Crippen LogP contribution in [0, 0.1) is 6.92 Å². The quantitative estimate of drug-likeness (QED) is 0.851. The fourth-order valence-corrected chi connectivity index (χ4v) is 2.00. The third-order valence-corrected chi connectivity index (χ3v) is 2.91. The molecule has 1 N–H and O–H groups in total. The van der Waals surface area contributed by atoms with E-state index in [1.165, 1.54) is 19.0 Å². The molecule has 0 radical (unpaired) electrons. The summed E-state index contributed by atoms with van der Waals surface area (Å²) in [5.74, 6) is -0.410. The summed E-state index contributed by atoms with van der Waals surface area (Å²) >= 11 is 0. The molecule has 0 atom stereocenters. The number of hydrogen-bond donors (Lipinski definition) is 1. The van der Waals surface area contributed by atoms with Gasteiger partial charge < -0.3 is 9.84 Å². The van der Waals surface area contributed by atoms with Gasteiger partial charge in [-0.1, -0.05) is 0 Å². The fourth-order valence-electron chi connectivity index (χ4n) is 2.00. The smallest absolute Gasteiger partial charge is 0.337 e. The molecular weight excluding hydrogens is 206 g/mol. The highest BCUT2D eigenvalue weighted by atomic mass is 16.5. The lowest BCUT2D eigenvalue weighted by Crippen LogP contribution is -2.12.